The number of nitrogens with zero attached hydrogens (tertiary/aromatic N) is 1. The Bertz CT molecular complexity index is 207. The fourth-order valence-electron chi connectivity index (χ4n) is 0.569. The number of aliphatic hydroxyl groups excluding tert-OH is 1. The van der Waals surface area contributed by atoms with Gasteiger partial charge >= 0.3 is 0 Å². The summed E-state index contributed by atoms with van der Waals surface area (Å²) >= 11 is 0. The van der Waals surface area contributed by atoms with Crippen molar-refractivity contribution in [3.05, 3.63) is 23.9 Å². The third kappa shape index (κ3) is 1.43. The van der Waals surface area contributed by atoms with Crippen molar-refractivity contribution in [3.63, 3.8) is 0 Å². The Balaban J connectivity index is 2.89. The molecule has 0 aliphatic heterocycles. The van der Waals surface area contributed by atoms with Gasteiger partial charge in [-0.1, -0.05) is 0 Å². The first kappa shape index (κ1) is 6.98. The number of nitrogen functional groups attached to an aromatic ring is 1. The maximum atomic E-state index is 8.59. The van der Waals surface area contributed by atoms with Gasteiger partial charge in [0.15, 0.2) is 6.29 Å². The first-order valence-corrected chi connectivity index (χ1v) is 2.77. The summed E-state index contributed by atoms with van der Waals surface area (Å²) in [6.45, 7) is 0. The van der Waals surface area contributed by atoms with Crippen LogP contribution in [0.15, 0.2) is 18.3 Å². The predicted octanol–water partition coefficient (Wildman–Crippen LogP) is -0.353. The standard InChI is InChI=1S/C6H8N2O2/c7-5-2-1-4(3-8-5)6(9)10/h1-3,6,9-10H,(H2,7,8). The predicted molar refractivity (Wildman–Crippen MR) is 35.8 cm³/mol. The number of aliphatic hydroxyl groups is 2. The molecular weight excluding hydrogens is 132 g/mol. The summed E-state index contributed by atoms with van der Waals surface area (Å²) in [5.41, 5.74) is 5.59. The highest BCUT2D eigenvalue weighted by molar-refractivity contribution is 5.29. The molecule has 0 saturated carbocycles. The number of aromatic nitrogens is 1. The van der Waals surface area contributed by atoms with Crippen molar-refractivity contribution in [2.24, 2.45) is 0 Å². The number of rotatable bonds is 1. The molecule has 0 aromatic carbocycles. The van der Waals surface area contributed by atoms with Crippen LogP contribution in [0.4, 0.5) is 5.82 Å². The molecule has 1 rings (SSSR count). The molecule has 10 heavy (non-hydrogen) atoms. The van der Waals surface area contributed by atoms with Crippen LogP contribution in [-0.4, -0.2) is 15.2 Å². The van der Waals surface area contributed by atoms with Gasteiger partial charge in [-0.2, -0.15) is 0 Å². The Labute approximate surface area is 57.9 Å². The van der Waals surface area contributed by atoms with E-state index in [1.807, 2.05) is 0 Å². The molecule has 1 heterocycles. The summed E-state index contributed by atoms with van der Waals surface area (Å²) in [6.07, 6.45) is -0.145. The van der Waals surface area contributed by atoms with E-state index in [1.165, 1.54) is 18.3 Å². The van der Waals surface area contributed by atoms with Crippen LogP contribution in [-0.2, 0) is 0 Å². The van der Waals surface area contributed by atoms with Crippen molar-refractivity contribution in [3.8, 4) is 0 Å². The number of hydrogen-bond donors (Lipinski definition) is 3. The SMILES string of the molecule is Nc1ccc(C(O)O)cn1. The smallest absolute Gasteiger partial charge is 0.179 e. The van der Waals surface area contributed by atoms with Crippen molar-refractivity contribution in [1.82, 2.24) is 4.98 Å². The second-order valence-electron chi connectivity index (χ2n) is 1.89. The third-order valence-electron chi connectivity index (χ3n) is 1.11. The van der Waals surface area contributed by atoms with E-state index < -0.39 is 6.29 Å². The minimum atomic E-state index is -1.46. The molecular formula is C6H8N2O2. The summed E-state index contributed by atoms with van der Waals surface area (Å²) in [5.74, 6) is 0.365. The fourth-order valence-corrected chi connectivity index (χ4v) is 0.569. The molecule has 0 amide bonds. The van der Waals surface area contributed by atoms with E-state index in [4.69, 9.17) is 15.9 Å². The van der Waals surface area contributed by atoms with Crippen LogP contribution in [0.25, 0.3) is 0 Å². The first-order chi connectivity index (χ1) is 4.70. The molecule has 4 N–H and O–H groups in total. The summed E-state index contributed by atoms with van der Waals surface area (Å²) in [6, 6.07) is 3.02. The van der Waals surface area contributed by atoms with Crippen LogP contribution in [0.3, 0.4) is 0 Å². The minimum Gasteiger partial charge on any atom is -0.384 e. The molecule has 0 atom stereocenters. The Morgan fingerprint density at radius 3 is 2.50 bits per heavy atom. The lowest BCUT2D eigenvalue weighted by Gasteiger charge is -2.01. The van der Waals surface area contributed by atoms with Crippen LogP contribution in [0, 0.1) is 0 Å². The Morgan fingerprint density at radius 1 is 1.40 bits per heavy atom. The molecule has 4 heteroatoms. The van der Waals surface area contributed by atoms with Crippen LogP contribution in [0.5, 0.6) is 0 Å². The van der Waals surface area contributed by atoms with Gasteiger partial charge in [0.05, 0.1) is 0 Å². The fraction of sp³-hybridized carbons (Fsp3) is 0.167. The van der Waals surface area contributed by atoms with Gasteiger partial charge in [-0.15, -0.1) is 0 Å². The highest BCUT2D eigenvalue weighted by Crippen LogP contribution is 2.08. The van der Waals surface area contributed by atoms with E-state index in [0.29, 0.717) is 11.4 Å². The minimum absolute atomic E-state index is 0.342. The molecule has 0 aliphatic rings. The van der Waals surface area contributed by atoms with E-state index in [2.05, 4.69) is 4.98 Å². The summed E-state index contributed by atoms with van der Waals surface area (Å²) in [7, 11) is 0. The van der Waals surface area contributed by atoms with Gasteiger partial charge in [0.1, 0.15) is 5.82 Å². The van der Waals surface area contributed by atoms with Crippen LogP contribution in [0.2, 0.25) is 0 Å². The first-order valence-electron chi connectivity index (χ1n) is 2.77. The van der Waals surface area contributed by atoms with Crippen molar-refractivity contribution < 1.29 is 10.2 Å². The Morgan fingerprint density at radius 2 is 2.10 bits per heavy atom. The monoisotopic (exact) mass is 140 g/mol. The number of hydrogen-bond acceptors (Lipinski definition) is 4. The summed E-state index contributed by atoms with van der Waals surface area (Å²) in [5, 5.41) is 17.2. The summed E-state index contributed by atoms with van der Waals surface area (Å²) < 4.78 is 0. The van der Waals surface area contributed by atoms with Gasteiger partial charge in [-0.05, 0) is 12.1 Å². The molecule has 54 valence electrons. The second-order valence-corrected chi connectivity index (χ2v) is 1.89. The van der Waals surface area contributed by atoms with Gasteiger partial charge < -0.3 is 15.9 Å². The average molecular weight is 140 g/mol. The van der Waals surface area contributed by atoms with Gasteiger partial charge in [-0.3, -0.25) is 0 Å². The van der Waals surface area contributed by atoms with Crippen molar-refractivity contribution >= 4 is 5.82 Å². The lowest BCUT2D eigenvalue weighted by Crippen LogP contribution is -1.96. The maximum Gasteiger partial charge on any atom is 0.179 e. The maximum absolute atomic E-state index is 8.59. The zero-order chi connectivity index (χ0) is 7.56. The van der Waals surface area contributed by atoms with Crippen LogP contribution >= 0.6 is 0 Å². The zero-order valence-corrected chi connectivity index (χ0v) is 5.23. The van der Waals surface area contributed by atoms with E-state index in [9.17, 15) is 0 Å². The number of nitrogens with two attached hydrogens (primary N) is 1. The lowest BCUT2D eigenvalue weighted by atomic mass is 10.3. The quantitative estimate of drug-likeness (QED) is 0.466. The molecule has 0 aliphatic carbocycles. The molecule has 0 unspecified atom stereocenters. The van der Waals surface area contributed by atoms with Gasteiger partial charge in [0.2, 0.25) is 0 Å². The number of anilines is 1. The Hall–Kier alpha value is -1.13. The van der Waals surface area contributed by atoms with Gasteiger partial charge in [0.25, 0.3) is 0 Å². The zero-order valence-electron chi connectivity index (χ0n) is 5.23. The second kappa shape index (κ2) is 2.64. The molecule has 1 aromatic heterocycles. The highest BCUT2D eigenvalue weighted by atomic mass is 16.5. The molecule has 0 spiro atoms. The van der Waals surface area contributed by atoms with Gasteiger partial charge in [0, 0.05) is 11.8 Å². The highest BCUT2D eigenvalue weighted by Gasteiger charge is 2.00. The average Bonchev–Trinajstić information content (AvgIpc) is 1.88. The van der Waals surface area contributed by atoms with Crippen LogP contribution in [0.1, 0.15) is 11.9 Å². The normalized spacial score (nSPS) is 10.3. The Kier molecular flexibility index (Phi) is 1.84. The summed E-state index contributed by atoms with van der Waals surface area (Å²) in [4.78, 5) is 3.66. The molecule has 4 nitrogen and oxygen atoms in total. The topological polar surface area (TPSA) is 79.4 Å². The largest absolute Gasteiger partial charge is 0.384 e. The molecule has 0 fully saturated rings. The number of pyridine rings is 1. The lowest BCUT2D eigenvalue weighted by molar-refractivity contribution is -0.0426. The van der Waals surface area contributed by atoms with E-state index >= 15 is 0 Å². The van der Waals surface area contributed by atoms with E-state index in [0.717, 1.165) is 0 Å². The van der Waals surface area contributed by atoms with Crippen molar-refractivity contribution in [2.45, 2.75) is 6.29 Å². The third-order valence-corrected chi connectivity index (χ3v) is 1.11. The molecule has 1 aromatic rings. The van der Waals surface area contributed by atoms with Crippen molar-refractivity contribution in [1.29, 1.82) is 0 Å². The molecule has 0 bridgehead atoms. The van der Waals surface area contributed by atoms with Crippen molar-refractivity contribution in [2.75, 3.05) is 5.73 Å². The molecule has 0 saturated heterocycles. The van der Waals surface area contributed by atoms with E-state index in [-0.39, 0.29) is 0 Å². The van der Waals surface area contributed by atoms with Crippen LogP contribution < -0.4 is 5.73 Å². The molecule has 0 radical (unpaired) electrons. The van der Waals surface area contributed by atoms with Gasteiger partial charge in [-0.25, -0.2) is 4.98 Å². The van der Waals surface area contributed by atoms with E-state index in [1.54, 1.807) is 0 Å².